The molecule has 58 valence electrons. The molecule has 0 aromatic carbocycles. The Morgan fingerprint density at radius 1 is 1.64 bits per heavy atom. The number of rotatable bonds is 2. The first kappa shape index (κ1) is 7.72. The molecule has 3 nitrogen and oxygen atoms in total. The number of nitrogens with zero attached hydrogens (tertiary/aromatic N) is 2. The molecule has 0 fully saturated rings. The number of anilines is 1. The van der Waals surface area contributed by atoms with Gasteiger partial charge in [-0.25, -0.2) is 0 Å². The van der Waals surface area contributed by atoms with Crippen molar-refractivity contribution in [2.24, 2.45) is 4.99 Å². The Kier molecular flexibility index (Phi) is 2.60. The first-order valence-corrected chi connectivity index (χ1v) is 3.49. The second-order valence-corrected chi connectivity index (χ2v) is 2.03. The van der Waals surface area contributed by atoms with Crippen LogP contribution in [-0.2, 0) is 0 Å². The van der Waals surface area contributed by atoms with E-state index in [1.807, 2.05) is 20.0 Å². The van der Waals surface area contributed by atoms with E-state index in [0.717, 1.165) is 11.4 Å². The van der Waals surface area contributed by atoms with Crippen molar-refractivity contribution >= 4 is 17.6 Å². The van der Waals surface area contributed by atoms with Gasteiger partial charge in [-0.3, -0.25) is 9.98 Å². The van der Waals surface area contributed by atoms with E-state index in [9.17, 15) is 0 Å². The van der Waals surface area contributed by atoms with E-state index >= 15 is 0 Å². The van der Waals surface area contributed by atoms with E-state index < -0.39 is 0 Å². The Bertz CT molecular complexity index is 255. The van der Waals surface area contributed by atoms with Gasteiger partial charge in [0.15, 0.2) is 0 Å². The van der Waals surface area contributed by atoms with Crippen molar-refractivity contribution in [1.82, 2.24) is 4.98 Å². The first-order valence-electron chi connectivity index (χ1n) is 3.49. The van der Waals surface area contributed by atoms with Crippen LogP contribution in [0.4, 0.5) is 11.4 Å². The van der Waals surface area contributed by atoms with Crippen molar-refractivity contribution in [1.29, 1.82) is 0 Å². The summed E-state index contributed by atoms with van der Waals surface area (Å²) < 4.78 is 0. The number of hydrogen-bond donors (Lipinski definition) is 1. The molecule has 0 atom stereocenters. The molecule has 0 unspecified atom stereocenters. The minimum atomic E-state index is 0.873. The van der Waals surface area contributed by atoms with Crippen molar-refractivity contribution in [2.75, 3.05) is 12.4 Å². The fourth-order valence-corrected chi connectivity index (χ4v) is 0.839. The zero-order valence-electron chi connectivity index (χ0n) is 6.70. The molecule has 1 aromatic rings. The van der Waals surface area contributed by atoms with Crippen LogP contribution in [0.15, 0.2) is 23.5 Å². The molecule has 0 aliphatic rings. The van der Waals surface area contributed by atoms with Gasteiger partial charge in [-0.1, -0.05) is 0 Å². The highest BCUT2D eigenvalue weighted by Gasteiger charge is 1.94. The third kappa shape index (κ3) is 1.77. The molecule has 0 aliphatic carbocycles. The zero-order valence-corrected chi connectivity index (χ0v) is 6.70. The molecule has 1 N–H and O–H groups in total. The summed E-state index contributed by atoms with van der Waals surface area (Å²) >= 11 is 0. The van der Waals surface area contributed by atoms with Crippen LogP contribution < -0.4 is 5.32 Å². The van der Waals surface area contributed by atoms with E-state index in [2.05, 4.69) is 15.3 Å². The molecule has 1 aromatic heterocycles. The number of aliphatic imine (C=N–C) groups is 1. The summed E-state index contributed by atoms with van der Waals surface area (Å²) in [6.07, 6.45) is 5.21. The van der Waals surface area contributed by atoms with Crippen molar-refractivity contribution < 1.29 is 0 Å². The minimum Gasteiger partial charge on any atom is -0.386 e. The number of pyridine rings is 1. The maximum absolute atomic E-state index is 4.13. The molecule has 0 spiro atoms. The van der Waals surface area contributed by atoms with E-state index in [-0.39, 0.29) is 0 Å². The lowest BCUT2D eigenvalue weighted by molar-refractivity contribution is 1.29. The van der Waals surface area contributed by atoms with Gasteiger partial charge in [0.05, 0.1) is 11.9 Å². The van der Waals surface area contributed by atoms with Crippen LogP contribution in [0.25, 0.3) is 0 Å². The van der Waals surface area contributed by atoms with Crippen LogP contribution in [0.1, 0.15) is 6.92 Å². The van der Waals surface area contributed by atoms with Crippen molar-refractivity contribution in [2.45, 2.75) is 6.92 Å². The lowest BCUT2D eigenvalue weighted by atomic mass is 10.3. The van der Waals surface area contributed by atoms with E-state index in [0.29, 0.717) is 0 Å². The van der Waals surface area contributed by atoms with Gasteiger partial charge in [0, 0.05) is 19.5 Å². The molecule has 0 saturated carbocycles. The Morgan fingerprint density at radius 2 is 2.45 bits per heavy atom. The highest BCUT2D eigenvalue weighted by Crippen LogP contribution is 2.21. The minimum absolute atomic E-state index is 0.873. The van der Waals surface area contributed by atoms with Gasteiger partial charge in [-0.05, 0) is 13.0 Å². The topological polar surface area (TPSA) is 37.3 Å². The van der Waals surface area contributed by atoms with Gasteiger partial charge in [0.1, 0.15) is 5.69 Å². The second kappa shape index (κ2) is 3.71. The SMILES string of the molecule is CC=Nc1cnccc1NC. The fraction of sp³-hybridized carbons (Fsp3) is 0.250. The summed E-state index contributed by atoms with van der Waals surface area (Å²) in [6, 6.07) is 1.89. The smallest absolute Gasteiger partial charge is 0.104 e. The monoisotopic (exact) mass is 149 g/mol. The summed E-state index contributed by atoms with van der Waals surface area (Å²) in [6.45, 7) is 1.88. The molecule has 1 heterocycles. The van der Waals surface area contributed by atoms with E-state index in [1.54, 1.807) is 18.6 Å². The molecule has 0 saturated heterocycles. The summed E-state index contributed by atoms with van der Waals surface area (Å²) in [5.74, 6) is 0. The number of aromatic nitrogens is 1. The molecule has 0 aliphatic heterocycles. The van der Waals surface area contributed by atoms with Gasteiger partial charge >= 0.3 is 0 Å². The predicted molar refractivity (Wildman–Crippen MR) is 47.6 cm³/mol. The average Bonchev–Trinajstić information content (AvgIpc) is 2.06. The predicted octanol–water partition coefficient (Wildman–Crippen LogP) is 1.85. The Hall–Kier alpha value is -1.38. The maximum atomic E-state index is 4.13. The molecule has 0 radical (unpaired) electrons. The van der Waals surface area contributed by atoms with Gasteiger partial charge in [-0.15, -0.1) is 0 Å². The van der Waals surface area contributed by atoms with Crippen LogP contribution in [0, 0.1) is 0 Å². The van der Waals surface area contributed by atoms with Gasteiger partial charge < -0.3 is 5.32 Å². The number of hydrogen-bond acceptors (Lipinski definition) is 3. The fourth-order valence-electron chi connectivity index (χ4n) is 0.839. The Balaban J connectivity index is 3.02. The van der Waals surface area contributed by atoms with Crippen LogP contribution in [0.5, 0.6) is 0 Å². The lowest BCUT2D eigenvalue weighted by Gasteiger charge is -2.01. The molecule has 0 bridgehead atoms. The largest absolute Gasteiger partial charge is 0.386 e. The van der Waals surface area contributed by atoms with E-state index in [1.165, 1.54) is 0 Å². The Labute approximate surface area is 66.2 Å². The molecule has 0 amide bonds. The van der Waals surface area contributed by atoms with E-state index in [4.69, 9.17) is 0 Å². The Morgan fingerprint density at radius 3 is 3.09 bits per heavy atom. The van der Waals surface area contributed by atoms with Crippen molar-refractivity contribution in [3.63, 3.8) is 0 Å². The molecule has 11 heavy (non-hydrogen) atoms. The van der Waals surface area contributed by atoms with Crippen LogP contribution >= 0.6 is 0 Å². The average molecular weight is 149 g/mol. The summed E-state index contributed by atoms with van der Waals surface area (Å²) in [4.78, 5) is 8.09. The second-order valence-electron chi connectivity index (χ2n) is 2.03. The summed E-state index contributed by atoms with van der Waals surface area (Å²) in [5.41, 5.74) is 1.87. The molecular weight excluding hydrogens is 138 g/mol. The molecular formula is C8H11N3. The quantitative estimate of drug-likeness (QED) is 0.651. The maximum Gasteiger partial charge on any atom is 0.104 e. The normalized spacial score (nSPS) is 10.4. The van der Waals surface area contributed by atoms with Crippen LogP contribution in [0.2, 0.25) is 0 Å². The van der Waals surface area contributed by atoms with Crippen molar-refractivity contribution in [3.8, 4) is 0 Å². The standard InChI is InChI=1S/C8H11N3/c1-3-11-8-6-10-5-4-7(8)9-2/h3-6H,1-2H3,(H,9,10). The lowest BCUT2D eigenvalue weighted by Crippen LogP contribution is -1.88. The van der Waals surface area contributed by atoms with Crippen LogP contribution in [-0.4, -0.2) is 18.2 Å². The zero-order chi connectivity index (χ0) is 8.10. The van der Waals surface area contributed by atoms with Gasteiger partial charge in [0.25, 0.3) is 0 Å². The highest BCUT2D eigenvalue weighted by molar-refractivity contribution is 5.70. The van der Waals surface area contributed by atoms with Crippen molar-refractivity contribution in [3.05, 3.63) is 18.5 Å². The third-order valence-corrected chi connectivity index (χ3v) is 1.34. The third-order valence-electron chi connectivity index (χ3n) is 1.34. The van der Waals surface area contributed by atoms with Gasteiger partial charge in [-0.2, -0.15) is 0 Å². The molecule has 3 heteroatoms. The highest BCUT2D eigenvalue weighted by atomic mass is 14.9. The number of nitrogens with one attached hydrogen (secondary N) is 1. The summed E-state index contributed by atoms with van der Waals surface area (Å²) in [5, 5.41) is 3.03. The van der Waals surface area contributed by atoms with Crippen LogP contribution in [0.3, 0.4) is 0 Å². The summed E-state index contributed by atoms with van der Waals surface area (Å²) in [7, 11) is 1.87. The van der Waals surface area contributed by atoms with Gasteiger partial charge in [0.2, 0.25) is 0 Å². The first-order chi connectivity index (χ1) is 5.38. The molecule has 1 rings (SSSR count).